The summed E-state index contributed by atoms with van der Waals surface area (Å²) in [4.78, 5) is 0. The number of ether oxygens (including phenoxy) is 1. The fourth-order valence-electron chi connectivity index (χ4n) is 2.87. The molecule has 1 aromatic carbocycles. The third kappa shape index (κ3) is 3.53. The number of aromatic nitrogens is 6. The van der Waals surface area contributed by atoms with Gasteiger partial charge < -0.3 is 10.1 Å². The van der Waals surface area contributed by atoms with Crippen molar-refractivity contribution in [2.45, 2.75) is 32.7 Å². The van der Waals surface area contributed by atoms with Gasteiger partial charge in [-0.3, -0.25) is 0 Å². The molecular weight excluding hydrogens is 354 g/mol. The van der Waals surface area contributed by atoms with Crippen LogP contribution < -0.4 is 10.1 Å². The van der Waals surface area contributed by atoms with Crippen LogP contribution in [-0.4, -0.2) is 36.7 Å². The monoisotopic (exact) mass is 377 g/mol. The summed E-state index contributed by atoms with van der Waals surface area (Å²) in [5, 5.41) is 21.0. The van der Waals surface area contributed by atoms with Crippen LogP contribution in [0.15, 0.2) is 48.7 Å². The van der Waals surface area contributed by atoms with Gasteiger partial charge in [0.2, 0.25) is 0 Å². The number of hydrogen-bond acceptors (Lipinski definition) is 6. The highest BCUT2D eigenvalue weighted by Crippen LogP contribution is 2.21. The van der Waals surface area contributed by atoms with E-state index in [1.54, 1.807) is 11.6 Å². The summed E-state index contributed by atoms with van der Waals surface area (Å²) in [5.74, 6) is 2.40. The average molecular weight is 377 g/mol. The molecule has 8 nitrogen and oxygen atoms in total. The first-order valence-electron chi connectivity index (χ1n) is 9.10. The van der Waals surface area contributed by atoms with Crippen molar-refractivity contribution in [1.82, 2.24) is 29.6 Å². The molecule has 144 valence electrons. The molecular formula is C20H23N7O. The largest absolute Gasteiger partial charge is 0.497 e. The molecule has 0 unspecified atom stereocenters. The van der Waals surface area contributed by atoms with E-state index in [1.807, 2.05) is 53.3 Å². The molecule has 0 aliphatic carbocycles. The van der Waals surface area contributed by atoms with Crippen molar-refractivity contribution >= 4 is 11.5 Å². The Morgan fingerprint density at radius 3 is 2.46 bits per heavy atom. The Balaban J connectivity index is 1.49. The predicted octanol–water partition coefficient (Wildman–Crippen LogP) is 3.23. The van der Waals surface area contributed by atoms with Crippen LogP contribution in [-0.2, 0) is 12.0 Å². The lowest BCUT2D eigenvalue weighted by Crippen LogP contribution is -2.17. The summed E-state index contributed by atoms with van der Waals surface area (Å²) in [6, 6.07) is 13.6. The fourth-order valence-corrected chi connectivity index (χ4v) is 2.87. The summed E-state index contributed by atoms with van der Waals surface area (Å²) in [6.07, 6.45) is 1.94. The van der Waals surface area contributed by atoms with Crippen molar-refractivity contribution in [2.75, 3.05) is 12.4 Å². The smallest absolute Gasteiger partial charge is 0.178 e. The third-order valence-electron chi connectivity index (χ3n) is 4.37. The van der Waals surface area contributed by atoms with Gasteiger partial charge in [0.1, 0.15) is 11.6 Å². The first-order chi connectivity index (χ1) is 13.4. The van der Waals surface area contributed by atoms with Gasteiger partial charge in [-0.1, -0.05) is 20.8 Å². The van der Waals surface area contributed by atoms with Gasteiger partial charge in [0.05, 0.1) is 25.0 Å². The van der Waals surface area contributed by atoms with Crippen molar-refractivity contribution < 1.29 is 4.74 Å². The van der Waals surface area contributed by atoms with Gasteiger partial charge in [-0.25, -0.2) is 4.68 Å². The van der Waals surface area contributed by atoms with Crippen LogP contribution in [0.25, 0.3) is 11.3 Å². The molecule has 0 aliphatic heterocycles. The maximum Gasteiger partial charge on any atom is 0.178 e. The van der Waals surface area contributed by atoms with Gasteiger partial charge in [0, 0.05) is 11.6 Å². The molecule has 0 bridgehead atoms. The van der Waals surface area contributed by atoms with E-state index in [9.17, 15) is 0 Å². The summed E-state index contributed by atoms with van der Waals surface area (Å²) in [7, 11) is 1.66. The number of hydrogen-bond donors (Lipinski definition) is 1. The molecule has 4 rings (SSSR count). The number of benzene rings is 1. The number of methoxy groups -OCH3 is 1. The minimum absolute atomic E-state index is 0.137. The van der Waals surface area contributed by atoms with E-state index in [1.165, 1.54) is 0 Å². The summed E-state index contributed by atoms with van der Waals surface area (Å²) in [5.41, 5.74) is 2.49. The molecule has 8 heteroatoms. The van der Waals surface area contributed by atoms with Crippen LogP contribution in [0.4, 0.5) is 5.82 Å². The van der Waals surface area contributed by atoms with Crippen molar-refractivity contribution in [2.24, 2.45) is 0 Å². The minimum Gasteiger partial charge on any atom is -0.497 e. The standard InChI is InChI=1S/C20H23N7O/c1-20(2,3)19-23-22-18-10-9-17(25-27(18)19)21-13-14-11-12-26(24-14)15-5-7-16(28-4)8-6-15/h5-12H,13H2,1-4H3,(H,21,25). The Morgan fingerprint density at radius 1 is 0.964 bits per heavy atom. The van der Waals surface area contributed by atoms with Crippen molar-refractivity contribution in [3.05, 3.63) is 60.2 Å². The van der Waals surface area contributed by atoms with Gasteiger partial charge in [0.25, 0.3) is 0 Å². The number of nitrogens with one attached hydrogen (secondary N) is 1. The van der Waals surface area contributed by atoms with Crippen LogP contribution in [0, 0.1) is 0 Å². The third-order valence-corrected chi connectivity index (χ3v) is 4.37. The van der Waals surface area contributed by atoms with Crippen molar-refractivity contribution in [1.29, 1.82) is 0 Å². The second kappa shape index (κ2) is 6.95. The molecule has 0 amide bonds. The Morgan fingerprint density at radius 2 is 1.75 bits per heavy atom. The van der Waals surface area contributed by atoms with E-state index in [-0.39, 0.29) is 5.41 Å². The second-order valence-electron chi connectivity index (χ2n) is 7.57. The Hall–Kier alpha value is -3.42. The SMILES string of the molecule is COc1ccc(-n2ccc(CNc3ccc4nnc(C(C)(C)C)n4n3)n2)cc1. The molecule has 3 heterocycles. The lowest BCUT2D eigenvalue weighted by molar-refractivity contribution is 0.414. The molecule has 28 heavy (non-hydrogen) atoms. The Bertz CT molecular complexity index is 1090. The zero-order valence-electron chi connectivity index (χ0n) is 16.4. The Labute approximate surface area is 163 Å². The number of anilines is 1. The van der Waals surface area contributed by atoms with Gasteiger partial charge in [0.15, 0.2) is 11.5 Å². The molecule has 4 aromatic rings. The van der Waals surface area contributed by atoms with E-state index in [0.717, 1.165) is 34.4 Å². The second-order valence-corrected chi connectivity index (χ2v) is 7.57. The first kappa shape index (κ1) is 18.0. The average Bonchev–Trinajstić information content (AvgIpc) is 3.33. The van der Waals surface area contributed by atoms with Gasteiger partial charge in [-0.05, 0) is 42.5 Å². The zero-order valence-corrected chi connectivity index (χ0v) is 16.4. The maximum absolute atomic E-state index is 5.19. The highest BCUT2D eigenvalue weighted by atomic mass is 16.5. The van der Waals surface area contributed by atoms with Crippen LogP contribution in [0.1, 0.15) is 32.3 Å². The molecule has 0 atom stereocenters. The highest BCUT2D eigenvalue weighted by molar-refractivity contribution is 5.44. The van der Waals surface area contributed by atoms with E-state index in [0.29, 0.717) is 6.54 Å². The molecule has 0 radical (unpaired) electrons. The number of nitrogens with zero attached hydrogens (tertiary/aromatic N) is 6. The Kier molecular flexibility index (Phi) is 4.46. The fraction of sp³-hybridized carbons (Fsp3) is 0.300. The summed E-state index contributed by atoms with van der Waals surface area (Å²) < 4.78 is 8.82. The van der Waals surface area contributed by atoms with Crippen LogP contribution in [0.3, 0.4) is 0 Å². The lowest BCUT2D eigenvalue weighted by Gasteiger charge is -2.15. The van der Waals surface area contributed by atoms with Crippen LogP contribution in [0.5, 0.6) is 5.75 Å². The first-order valence-corrected chi connectivity index (χ1v) is 9.10. The molecule has 0 spiro atoms. The van der Waals surface area contributed by atoms with Gasteiger partial charge >= 0.3 is 0 Å². The van der Waals surface area contributed by atoms with E-state index >= 15 is 0 Å². The summed E-state index contributed by atoms with van der Waals surface area (Å²) in [6.45, 7) is 6.85. The molecule has 0 fully saturated rings. The van der Waals surface area contributed by atoms with Crippen LogP contribution >= 0.6 is 0 Å². The minimum atomic E-state index is -0.137. The molecule has 1 N–H and O–H groups in total. The summed E-state index contributed by atoms with van der Waals surface area (Å²) >= 11 is 0. The number of rotatable bonds is 5. The van der Waals surface area contributed by atoms with E-state index in [4.69, 9.17) is 4.74 Å². The zero-order chi connectivity index (χ0) is 19.7. The molecule has 3 aromatic heterocycles. The topological polar surface area (TPSA) is 82.2 Å². The van der Waals surface area contributed by atoms with Gasteiger partial charge in [-0.15, -0.1) is 15.3 Å². The normalized spacial score (nSPS) is 11.7. The lowest BCUT2D eigenvalue weighted by atomic mass is 9.96. The molecule has 0 saturated carbocycles. The van der Waals surface area contributed by atoms with Crippen molar-refractivity contribution in [3.63, 3.8) is 0 Å². The van der Waals surface area contributed by atoms with E-state index < -0.39 is 0 Å². The van der Waals surface area contributed by atoms with E-state index in [2.05, 4.69) is 46.5 Å². The number of fused-ring (bicyclic) bond motifs is 1. The van der Waals surface area contributed by atoms with Crippen LogP contribution in [0.2, 0.25) is 0 Å². The highest BCUT2D eigenvalue weighted by Gasteiger charge is 2.21. The molecule has 0 saturated heterocycles. The van der Waals surface area contributed by atoms with Crippen molar-refractivity contribution in [3.8, 4) is 11.4 Å². The molecule has 0 aliphatic rings. The predicted molar refractivity (Wildman–Crippen MR) is 107 cm³/mol. The maximum atomic E-state index is 5.19. The van der Waals surface area contributed by atoms with Gasteiger partial charge in [-0.2, -0.15) is 9.61 Å². The quantitative estimate of drug-likeness (QED) is 0.575.